The smallest absolute Gasteiger partial charge is 0.335 e. The van der Waals surface area contributed by atoms with Gasteiger partial charge >= 0.3 is 5.76 Å². The molecule has 2 heterocycles. The van der Waals surface area contributed by atoms with Crippen molar-refractivity contribution in [2.24, 2.45) is 5.92 Å². The standard InChI is InChI=1S/C16H19N5O3/c1-10(11-3-4-11)21(12-5-6-12)13(22)9-20-15(19-24-16(20)23)14-17-7-2-8-18-14/h2,7-8,10-12H,3-6,9H2,1H3. The van der Waals surface area contributed by atoms with Crippen molar-refractivity contribution in [3.05, 3.63) is 29.0 Å². The Morgan fingerprint density at radius 1 is 1.33 bits per heavy atom. The summed E-state index contributed by atoms with van der Waals surface area (Å²) in [5.41, 5.74) is 0. The molecule has 2 aliphatic rings. The third-order valence-electron chi connectivity index (χ3n) is 4.72. The number of carbonyl (C=O) groups is 1. The van der Waals surface area contributed by atoms with Gasteiger partial charge in [-0.15, -0.1) is 0 Å². The summed E-state index contributed by atoms with van der Waals surface area (Å²) in [4.78, 5) is 34.9. The predicted octanol–water partition coefficient (Wildman–Crippen LogP) is 1.08. The third kappa shape index (κ3) is 2.83. The number of carbonyl (C=O) groups excluding carboxylic acids is 1. The number of amides is 1. The van der Waals surface area contributed by atoms with Crippen LogP contribution in [0.1, 0.15) is 32.6 Å². The molecule has 0 aromatic carbocycles. The minimum Gasteiger partial charge on any atom is -0.335 e. The van der Waals surface area contributed by atoms with Crippen molar-refractivity contribution < 1.29 is 9.32 Å². The van der Waals surface area contributed by atoms with E-state index in [1.807, 2.05) is 4.90 Å². The molecule has 1 amide bonds. The van der Waals surface area contributed by atoms with Crippen molar-refractivity contribution >= 4 is 5.91 Å². The van der Waals surface area contributed by atoms with Crippen LogP contribution in [-0.4, -0.2) is 42.6 Å². The molecule has 1 atom stereocenters. The molecule has 0 radical (unpaired) electrons. The highest BCUT2D eigenvalue weighted by Crippen LogP contribution is 2.39. The van der Waals surface area contributed by atoms with Crippen LogP contribution in [0, 0.1) is 5.92 Å². The van der Waals surface area contributed by atoms with Gasteiger partial charge in [0, 0.05) is 24.5 Å². The first kappa shape index (κ1) is 15.0. The lowest BCUT2D eigenvalue weighted by Crippen LogP contribution is -2.44. The molecule has 0 spiro atoms. The van der Waals surface area contributed by atoms with E-state index in [-0.39, 0.29) is 30.1 Å². The molecule has 2 aliphatic carbocycles. The quantitative estimate of drug-likeness (QED) is 0.787. The number of rotatable bonds is 6. The molecule has 0 saturated heterocycles. The van der Waals surface area contributed by atoms with Crippen LogP contribution in [0.15, 0.2) is 27.8 Å². The Hall–Kier alpha value is -2.51. The average Bonchev–Trinajstić information content (AvgIpc) is 3.48. The topological polar surface area (TPSA) is 94.1 Å². The second-order valence-electron chi connectivity index (χ2n) is 6.54. The summed E-state index contributed by atoms with van der Waals surface area (Å²) < 4.78 is 5.95. The molecule has 4 rings (SSSR count). The average molecular weight is 329 g/mol. The van der Waals surface area contributed by atoms with Gasteiger partial charge in [0.2, 0.25) is 11.7 Å². The fourth-order valence-corrected chi connectivity index (χ4v) is 3.12. The summed E-state index contributed by atoms with van der Waals surface area (Å²) in [6.07, 6.45) is 7.53. The fourth-order valence-electron chi connectivity index (χ4n) is 3.12. The van der Waals surface area contributed by atoms with Crippen molar-refractivity contribution in [1.29, 1.82) is 0 Å². The number of nitrogens with zero attached hydrogens (tertiary/aromatic N) is 5. The lowest BCUT2D eigenvalue weighted by Gasteiger charge is -2.29. The largest absolute Gasteiger partial charge is 0.442 e. The first-order chi connectivity index (χ1) is 11.6. The Balaban J connectivity index is 1.59. The molecule has 126 valence electrons. The predicted molar refractivity (Wildman–Crippen MR) is 83.8 cm³/mol. The monoisotopic (exact) mass is 329 g/mol. The van der Waals surface area contributed by atoms with E-state index in [0.717, 1.165) is 12.8 Å². The summed E-state index contributed by atoms with van der Waals surface area (Å²) >= 11 is 0. The maximum Gasteiger partial charge on any atom is 0.442 e. The lowest BCUT2D eigenvalue weighted by molar-refractivity contribution is -0.135. The summed E-state index contributed by atoms with van der Waals surface area (Å²) in [7, 11) is 0. The molecule has 8 nitrogen and oxygen atoms in total. The van der Waals surface area contributed by atoms with Gasteiger partial charge in [0.1, 0.15) is 6.54 Å². The van der Waals surface area contributed by atoms with Gasteiger partial charge in [-0.05, 0) is 44.6 Å². The van der Waals surface area contributed by atoms with Crippen LogP contribution < -0.4 is 5.76 Å². The van der Waals surface area contributed by atoms with Crippen LogP contribution in [0.2, 0.25) is 0 Å². The van der Waals surface area contributed by atoms with E-state index in [9.17, 15) is 9.59 Å². The molecule has 8 heteroatoms. The van der Waals surface area contributed by atoms with E-state index in [1.165, 1.54) is 17.4 Å². The fraction of sp³-hybridized carbons (Fsp3) is 0.562. The molecule has 2 aromatic rings. The maximum absolute atomic E-state index is 12.9. The van der Waals surface area contributed by atoms with Crippen LogP contribution >= 0.6 is 0 Å². The van der Waals surface area contributed by atoms with E-state index >= 15 is 0 Å². The molecule has 2 fully saturated rings. The highest BCUT2D eigenvalue weighted by Gasteiger charge is 2.41. The Morgan fingerprint density at radius 3 is 2.67 bits per heavy atom. The molecule has 0 bridgehead atoms. The van der Waals surface area contributed by atoms with E-state index in [2.05, 4.69) is 22.0 Å². The van der Waals surface area contributed by atoms with Gasteiger partial charge in [-0.3, -0.25) is 9.32 Å². The second-order valence-corrected chi connectivity index (χ2v) is 6.54. The van der Waals surface area contributed by atoms with Crippen molar-refractivity contribution in [3.8, 4) is 11.6 Å². The van der Waals surface area contributed by atoms with Crippen molar-refractivity contribution in [3.63, 3.8) is 0 Å². The number of aromatic nitrogens is 4. The summed E-state index contributed by atoms with van der Waals surface area (Å²) in [6.45, 7) is 2.01. The van der Waals surface area contributed by atoms with Gasteiger partial charge in [-0.25, -0.2) is 19.3 Å². The van der Waals surface area contributed by atoms with E-state index in [4.69, 9.17) is 4.52 Å². The Labute approximate surface area is 138 Å². The molecule has 0 N–H and O–H groups in total. The first-order valence-electron chi connectivity index (χ1n) is 8.30. The Bertz CT molecular complexity index is 792. The normalized spacial score (nSPS) is 18.4. The zero-order valence-corrected chi connectivity index (χ0v) is 13.5. The van der Waals surface area contributed by atoms with Crippen LogP contribution in [0.3, 0.4) is 0 Å². The van der Waals surface area contributed by atoms with Gasteiger partial charge in [-0.1, -0.05) is 5.16 Å². The minimum absolute atomic E-state index is 0.0700. The van der Waals surface area contributed by atoms with E-state index in [0.29, 0.717) is 12.0 Å². The summed E-state index contributed by atoms with van der Waals surface area (Å²) in [6, 6.07) is 2.20. The summed E-state index contributed by atoms with van der Waals surface area (Å²) in [5, 5.41) is 3.73. The molecule has 2 saturated carbocycles. The van der Waals surface area contributed by atoms with Crippen LogP contribution in [0.5, 0.6) is 0 Å². The van der Waals surface area contributed by atoms with E-state index < -0.39 is 5.76 Å². The van der Waals surface area contributed by atoms with Crippen LogP contribution in [-0.2, 0) is 11.3 Å². The lowest BCUT2D eigenvalue weighted by atomic mass is 10.1. The van der Waals surface area contributed by atoms with Crippen molar-refractivity contribution in [2.75, 3.05) is 0 Å². The second kappa shape index (κ2) is 5.85. The minimum atomic E-state index is -0.666. The molecular formula is C16H19N5O3. The highest BCUT2D eigenvalue weighted by atomic mass is 16.5. The number of hydrogen-bond acceptors (Lipinski definition) is 6. The van der Waals surface area contributed by atoms with E-state index in [1.54, 1.807) is 18.5 Å². The van der Waals surface area contributed by atoms with Crippen LogP contribution in [0.25, 0.3) is 11.6 Å². The van der Waals surface area contributed by atoms with Gasteiger partial charge in [0.25, 0.3) is 0 Å². The van der Waals surface area contributed by atoms with Gasteiger partial charge < -0.3 is 4.90 Å². The number of hydrogen-bond donors (Lipinski definition) is 0. The zero-order valence-electron chi connectivity index (χ0n) is 13.5. The SMILES string of the molecule is CC(C1CC1)N(C(=O)Cn1c(-c2ncccn2)noc1=O)C1CC1. The first-order valence-corrected chi connectivity index (χ1v) is 8.30. The molecule has 24 heavy (non-hydrogen) atoms. The molecular weight excluding hydrogens is 310 g/mol. The van der Waals surface area contributed by atoms with Crippen molar-refractivity contribution in [1.82, 2.24) is 24.6 Å². The molecule has 1 unspecified atom stereocenters. The zero-order chi connectivity index (χ0) is 16.7. The summed E-state index contributed by atoms with van der Waals surface area (Å²) in [5.74, 6) is 0.304. The van der Waals surface area contributed by atoms with Crippen LogP contribution in [0.4, 0.5) is 0 Å². The van der Waals surface area contributed by atoms with Gasteiger partial charge in [-0.2, -0.15) is 0 Å². The van der Waals surface area contributed by atoms with Gasteiger partial charge in [0.05, 0.1) is 0 Å². The molecule has 0 aliphatic heterocycles. The van der Waals surface area contributed by atoms with Crippen molar-refractivity contribution in [2.45, 2.75) is 51.2 Å². The van der Waals surface area contributed by atoms with Gasteiger partial charge in [0.15, 0.2) is 5.82 Å². The maximum atomic E-state index is 12.9. The third-order valence-corrected chi connectivity index (χ3v) is 4.72. The Kier molecular flexibility index (Phi) is 3.66. The molecule has 2 aromatic heterocycles. The highest BCUT2D eigenvalue weighted by molar-refractivity contribution is 5.77. The Morgan fingerprint density at radius 2 is 2.04 bits per heavy atom.